The fourth-order valence-electron chi connectivity index (χ4n) is 1.84. The number of carboxylic acid groups (broad SMARTS) is 1. The number of carbonyl (C=O) groups is 1. The van der Waals surface area contributed by atoms with Crippen LogP contribution in [0.5, 0.6) is 5.75 Å². The van der Waals surface area contributed by atoms with E-state index in [1.165, 1.54) is 13.0 Å². The van der Waals surface area contributed by atoms with Crippen molar-refractivity contribution >= 4 is 12.0 Å². The zero-order chi connectivity index (χ0) is 16.1. The van der Waals surface area contributed by atoms with E-state index in [0.717, 1.165) is 17.7 Å². The standard InChI is InChI=1S/C17H14F2O3/c1-11(17(20)21)7-13-8-14(18)16(15(19)9-13)22-10-12-5-3-2-4-6-12/h2-9H,10H2,1H3,(H,20,21)/b11-7+. The third-order valence-electron chi connectivity index (χ3n) is 2.97. The summed E-state index contributed by atoms with van der Waals surface area (Å²) in [4.78, 5) is 10.7. The fraction of sp³-hybridized carbons (Fsp3) is 0.118. The van der Waals surface area contributed by atoms with Crippen LogP contribution in [-0.4, -0.2) is 11.1 Å². The largest absolute Gasteiger partial charge is 0.483 e. The van der Waals surface area contributed by atoms with Gasteiger partial charge in [-0.15, -0.1) is 0 Å². The smallest absolute Gasteiger partial charge is 0.331 e. The lowest BCUT2D eigenvalue weighted by molar-refractivity contribution is -0.132. The van der Waals surface area contributed by atoms with Crippen molar-refractivity contribution in [3.63, 3.8) is 0 Å². The minimum Gasteiger partial charge on any atom is -0.483 e. The molecule has 0 radical (unpaired) electrons. The van der Waals surface area contributed by atoms with E-state index in [1.807, 2.05) is 6.07 Å². The molecule has 0 spiro atoms. The minimum atomic E-state index is -1.15. The molecular weight excluding hydrogens is 290 g/mol. The van der Waals surface area contributed by atoms with Crippen molar-refractivity contribution in [3.05, 3.63) is 70.8 Å². The number of hydrogen-bond donors (Lipinski definition) is 1. The second kappa shape index (κ2) is 6.85. The SMILES string of the molecule is C/C(=C\c1cc(F)c(OCc2ccccc2)c(F)c1)C(=O)O. The van der Waals surface area contributed by atoms with Gasteiger partial charge in [0, 0.05) is 5.57 Å². The molecule has 1 N–H and O–H groups in total. The number of benzene rings is 2. The Morgan fingerprint density at radius 3 is 2.32 bits per heavy atom. The molecule has 0 saturated carbocycles. The topological polar surface area (TPSA) is 46.5 Å². The second-order valence-electron chi connectivity index (χ2n) is 4.72. The Morgan fingerprint density at radius 2 is 1.77 bits per heavy atom. The van der Waals surface area contributed by atoms with E-state index >= 15 is 0 Å². The average molecular weight is 304 g/mol. The molecule has 2 aromatic rings. The Labute approximate surface area is 126 Å². The highest BCUT2D eigenvalue weighted by Crippen LogP contribution is 2.25. The number of ether oxygens (including phenoxy) is 1. The van der Waals surface area contributed by atoms with Crippen LogP contribution in [0.15, 0.2) is 48.0 Å². The Hall–Kier alpha value is -2.69. The van der Waals surface area contributed by atoms with Gasteiger partial charge in [0.15, 0.2) is 17.4 Å². The van der Waals surface area contributed by atoms with Gasteiger partial charge in [-0.25, -0.2) is 13.6 Å². The minimum absolute atomic E-state index is 0.0169. The highest BCUT2D eigenvalue weighted by molar-refractivity contribution is 5.91. The molecule has 0 aliphatic rings. The summed E-state index contributed by atoms with van der Waals surface area (Å²) < 4.78 is 33.0. The van der Waals surface area contributed by atoms with Gasteiger partial charge in [-0.05, 0) is 36.3 Å². The summed E-state index contributed by atoms with van der Waals surface area (Å²) >= 11 is 0. The lowest BCUT2D eigenvalue weighted by Crippen LogP contribution is -2.01. The Bertz CT molecular complexity index is 686. The van der Waals surface area contributed by atoms with Crippen LogP contribution in [0, 0.1) is 11.6 Å². The van der Waals surface area contributed by atoms with Crippen LogP contribution in [0.1, 0.15) is 18.1 Å². The molecule has 0 fully saturated rings. The molecule has 114 valence electrons. The molecule has 0 aliphatic heterocycles. The summed E-state index contributed by atoms with van der Waals surface area (Å²) in [5.41, 5.74) is 0.894. The summed E-state index contributed by atoms with van der Waals surface area (Å²) in [5, 5.41) is 8.77. The summed E-state index contributed by atoms with van der Waals surface area (Å²) in [5.74, 6) is -3.38. The van der Waals surface area contributed by atoms with Crippen LogP contribution in [-0.2, 0) is 11.4 Å². The molecule has 0 bridgehead atoms. The van der Waals surface area contributed by atoms with Gasteiger partial charge in [0.1, 0.15) is 6.61 Å². The predicted octanol–water partition coefficient (Wildman–Crippen LogP) is 4.03. The van der Waals surface area contributed by atoms with Gasteiger partial charge >= 0.3 is 5.97 Å². The zero-order valence-electron chi connectivity index (χ0n) is 11.8. The predicted molar refractivity (Wildman–Crippen MR) is 78.4 cm³/mol. The molecule has 0 saturated heterocycles. The van der Waals surface area contributed by atoms with Crippen LogP contribution in [0.2, 0.25) is 0 Å². The Kier molecular flexibility index (Phi) is 4.88. The van der Waals surface area contributed by atoms with Gasteiger partial charge < -0.3 is 9.84 Å². The van der Waals surface area contributed by atoms with Gasteiger partial charge in [0.25, 0.3) is 0 Å². The highest BCUT2D eigenvalue weighted by Gasteiger charge is 2.13. The lowest BCUT2D eigenvalue weighted by Gasteiger charge is -2.09. The molecule has 22 heavy (non-hydrogen) atoms. The molecule has 2 rings (SSSR count). The van der Waals surface area contributed by atoms with E-state index in [1.54, 1.807) is 24.3 Å². The van der Waals surface area contributed by atoms with Crippen molar-refractivity contribution in [2.24, 2.45) is 0 Å². The van der Waals surface area contributed by atoms with Crippen molar-refractivity contribution in [1.82, 2.24) is 0 Å². The molecule has 0 unspecified atom stereocenters. The Balaban J connectivity index is 2.20. The van der Waals surface area contributed by atoms with Gasteiger partial charge in [-0.3, -0.25) is 0 Å². The van der Waals surface area contributed by atoms with Gasteiger partial charge in [-0.1, -0.05) is 30.3 Å². The van der Waals surface area contributed by atoms with Gasteiger partial charge in [0.05, 0.1) is 0 Å². The maximum absolute atomic E-state index is 13.9. The van der Waals surface area contributed by atoms with Crippen LogP contribution in [0.25, 0.3) is 6.08 Å². The first kappa shape index (κ1) is 15.7. The third-order valence-corrected chi connectivity index (χ3v) is 2.97. The van der Waals surface area contributed by atoms with Crippen molar-refractivity contribution < 1.29 is 23.4 Å². The van der Waals surface area contributed by atoms with E-state index in [-0.39, 0.29) is 17.7 Å². The molecule has 2 aromatic carbocycles. The highest BCUT2D eigenvalue weighted by atomic mass is 19.1. The lowest BCUT2D eigenvalue weighted by atomic mass is 10.1. The summed E-state index contributed by atoms with van der Waals surface area (Å²) in [6, 6.07) is 11.1. The Morgan fingerprint density at radius 1 is 1.18 bits per heavy atom. The number of carboxylic acids is 1. The van der Waals surface area contributed by atoms with Crippen molar-refractivity contribution in [1.29, 1.82) is 0 Å². The monoisotopic (exact) mass is 304 g/mol. The third kappa shape index (κ3) is 3.91. The second-order valence-corrected chi connectivity index (χ2v) is 4.72. The molecule has 0 atom stereocenters. The van der Waals surface area contributed by atoms with Gasteiger partial charge in [-0.2, -0.15) is 0 Å². The van der Waals surface area contributed by atoms with E-state index in [2.05, 4.69) is 0 Å². The first-order valence-electron chi connectivity index (χ1n) is 6.54. The zero-order valence-corrected chi connectivity index (χ0v) is 11.8. The van der Waals surface area contributed by atoms with Crippen LogP contribution in [0.4, 0.5) is 8.78 Å². The summed E-state index contributed by atoms with van der Waals surface area (Å²) in [6.45, 7) is 1.38. The van der Waals surface area contributed by atoms with Crippen LogP contribution >= 0.6 is 0 Å². The van der Waals surface area contributed by atoms with Gasteiger partial charge in [0.2, 0.25) is 0 Å². The van der Waals surface area contributed by atoms with Crippen molar-refractivity contribution in [3.8, 4) is 5.75 Å². The number of halogens is 2. The average Bonchev–Trinajstić information content (AvgIpc) is 2.47. The molecule has 0 aliphatic carbocycles. The van der Waals surface area contributed by atoms with Crippen LogP contribution in [0.3, 0.4) is 0 Å². The van der Waals surface area contributed by atoms with E-state index < -0.39 is 23.4 Å². The quantitative estimate of drug-likeness (QED) is 0.848. The molecule has 0 amide bonds. The number of rotatable bonds is 5. The van der Waals surface area contributed by atoms with E-state index in [0.29, 0.717) is 0 Å². The summed E-state index contributed by atoms with van der Waals surface area (Å²) in [7, 11) is 0. The van der Waals surface area contributed by atoms with Crippen molar-refractivity contribution in [2.45, 2.75) is 13.5 Å². The first-order valence-corrected chi connectivity index (χ1v) is 6.54. The fourth-order valence-corrected chi connectivity index (χ4v) is 1.84. The first-order chi connectivity index (χ1) is 10.5. The number of hydrogen-bond acceptors (Lipinski definition) is 2. The molecular formula is C17H14F2O3. The van der Waals surface area contributed by atoms with Crippen molar-refractivity contribution in [2.75, 3.05) is 0 Å². The molecule has 0 aromatic heterocycles. The van der Waals surface area contributed by atoms with E-state index in [9.17, 15) is 13.6 Å². The normalized spacial score (nSPS) is 11.3. The van der Waals surface area contributed by atoms with Crippen LogP contribution < -0.4 is 4.74 Å². The number of aliphatic carboxylic acids is 1. The molecule has 3 nitrogen and oxygen atoms in total. The molecule has 5 heteroatoms. The maximum Gasteiger partial charge on any atom is 0.331 e. The maximum atomic E-state index is 13.9. The van der Waals surface area contributed by atoms with E-state index in [4.69, 9.17) is 9.84 Å². The summed E-state index contributed by atoms with van der Waals surface area (Å²) in [6.07, 6.45) is 1.19. The molecule has 0 heterocycles.